The average Bonchev–Trinajstić information content (AvgIpc) is 2.78. The Labute approximate surface area is 186 Å². The highest BCUT2D eigenvalue weighted by Crippen LogP contribution is 2.50. The van der Waals surface area contributed by atoms with Crippen molar-refractivity contribution in [2.24, 2.45) is 35.5 Å². The summed E-state index contributed by atoms with van der Waals surface area (Å²) in [7, 11) is 0. The summed E-state index contributed by atoms with van der Waals surface area (Å²) < 4.78 is 62.1. The number of hydrogen-bond donors (Lipinski definition) is 0. The van der Waals surface area contributed by atoms with E-state index >= 15 is 0 Å². The first-order valence-corrected chi connectivity index (χ1v) is 12.0. The van der Waals surface area contributed by atoms with E-state index in [1.54, 1.807) is 0 Å². The van der Waals surface area contributed by atoms with Gasteiger partial charge < -0.3 is 9.47 Å². The van der Waals surface area contributed by atoms with Crippen molar-refractivity contribution in [1.82, 2.24) is 0 Å². The van der Waals surface area contributed by atoms with Gasteiger partial charge in [0.1, 0.15) is 0 Å². The number of carbonyl (C=O) groups is 1. The molecule has 4 rings (SSSR count). The van der Waals surface area contributed by atoms with Gasteiger partial charge in [-0.1, -0.05) is 32.6 Å². The molecule has 3 fully saturated rings. The van der Waals surface area contributed by atoms with E-state index in [0.717, 1.165) is 62.0 Å². The molecule has 4 unspecified atom stereocenters. The number of fused-ring (bicyclic) bond motifs is 1. The minimum atomic E-state index is -3.27. The molecule has 0 heterocycles. The lowest BCUT2D eigenvalue weighted by molar-refractivity contribution is -0.144. The predicted molar refractivity (Wildman–Crippen MR) is 111 cm³/mol. The second-order valence-electron chi connectivity index (χ2n) is 10.0. The summed E-state index contributed by atoms with van der Waals surface area (Å²) in [4.78, 5) is 12.9. The molecule has 3 aliphatic rings. The maximum absolute atomic E-state index is 14.3. The number of halogens is 4. The standard InChI is InChI=1S/C25H32F4O3/c1-14-5-7-15(8-6-14)16-9-10-18-17(13-16)3-2-4-19(18)24(30)31-20-11-12-21(32-25(28)29)23(27)22(20)26/h11-12,14-19,25H,2-10,13H2,1H3. The third-order valence-corrected chi connectivity index (χ3v) is 8.16. The van der Waals surface area contributed by atoms with Gasteiger partial charge in [0.15, 0.2) is 11.5 Å². The van der Waals surface area contributed by atoms with E-state index in [4.69, 9.17) is 4.74 Å². The summed E-state index contributed by atoms with van der Waals surface area (Å²) in [6.07, 6.45) is 11.2. The fraction of sp³-hybridized carbons (Fsp3) is 0.720. The van der Waals surface area contributed by atoms with Crippen LogP contribution in [0.25, 0.3) is 0 Å². The topological polar surface area (TPSA) is 35.5 Å². The molecule has 0 bridgehead atoms. The van der Waals surface area contributed by atoms with Crippen LogP contribution in [-0.2, 0) is 4.79 Å². The summed E-state index contributed by atoms with van der Waals surface area (Å²) >= 11 is 0. The Morgan fingerprint density at radius 3 is 2.25 bits per heavy atom. The lowest BCUT2D eigenvalue weighted by Crippen LogP contribution is -2.40. The van der Waals surface area contributed by atoms with Crippen LogP contribution in [0.15, 0.2) is 12.1 Å². The molecule has 32 heavy (non-hydrogen) atoms. The van der Waals surface area contributed by atoms with Crippen molar-refractivity contribution in [1.29, 1.82) is 0 Å². The van der Waals surface area contributed by atoms with Crippen molar-refractivity contribution in [3.05, 3.63) is 23.8 Å². The third-order valence-electron chi connectivity index (χ3n) is 8.16. The molecule has 0 N–H and O–H groups in total. The summed E-state index contributed by atoms with van der Waals surface area (Å²) in [5, 5.41) is 0. The monoisotopic (exact) mass is 456 g/mol. The highest BCUT2D eigenvalue weighted by molar-refractivity contribution is 5.75. The number of hydrogen-bond acceptors (Lipinski definition) is 3. The Balaban J connectivity index is 1.39. The summed E-state index contributed by atoms with van der Waals surface area (Å²) in [5.41, 5.74) is 0. The van der Waals surface area contributed by atoms with Gasteiger partial charge in [0, 0.05) is 0 Å². The van der Waals surface area contributed by atoms with Gasteiger partial charge >= 0.3 is 12.6 Å². The van der Waals surface area contributed by atoms with Crippen LogP contribution in [0.3, 0.4) is 0 Å². The lowest BCUT2D eigenvalue weighted by atomic mass is 9.59. The Hall–Kier alpha value is -1.79. The molecule has 3 aliphatic carbocycles. The van der Waals surface area contributed by atoms with Crippen molar-refractivity contribution in [2.75, 3.05) is 0 Å². The van der Waals surface area contributed by atoms with E-state index in [-0.39, 0.29) is 11.8 Å². The Morgan fingerprint density at radius 2 is 1.53 bits per heavy atom. The molecular formula is C25H32F4O3. The smallest absolute Gasteiger partial charge is 0.387 e. The SMILES string of the molecule is CC1CCC(C2CCC3C(CCCC3C(=O)Oc3ccc(OC(F)F)c(F)c3F)C2)CC1. The molecule has 0 amide bonds. The first-order valence-electron chi connectivity index (χ1n) is 12.0. The van der Waals surface area contributed by atoms with E-state index in [1.807, 2.05) is 0 Å². The van der Waals surface area contributed by atoms with E-state index in [2.05, 4.69) is 11.7 Å². The van der Waals surface area contributed by atoms with Gasteiger partial charge in [-0.25, -0.2) is 0 Å². The first kappa shape index (κ1) is 23.4. The minimum Gasteiger partial charge on any atom is -0.432 e. The molecule has 0 aliphatic heterocycles. The summed E-state index contributed by atoms with van der Waals surface area (Å²) in [6.45, 7) is -0.943. The minimum absolute atomic E-state index is 0.212. The fourth-order valence-electron chi connectivity index (χ4n) is 6.44. The van der Waals surface area contributed by atoms with Crippen molar-refractivity contribution in [2.45, 2.75) is 77.7 Å². The molecule has 3 nitrogen and oxygen atoms in total. The summed E-state index contributed by atoms with van der Waals surface area (Å²) in [5.74, 6) is -2.40. The number of alkyl halides is 2. The number of esters is 1. The zero-order chi connectivity index (χ0) is 22.8. The van der Waals surface area contributed by atoms with Gasteiger partial charge in [-0.15, -0.1) is 0 Å². The van der Waals surface area contributed by atoms with Crippen LogP contribution in [0.5, 0.6) is 11.5 Å². The number of benzene rings is 1. The molecule has 3 saturated carbocycles. The van der Waals surface area contributed by atoms with Crippen LogP contribution in [-0.4, -0.2) is 12.6 Å². The van der Waals surface area contributed by atoms with Gasteiger partial charge in [0.25, 0.3) is 0 Å². The van der Waals surface area contributed by atoms with Gasteiger partial charge in [-0.05, 0) is 80.2 Å². The average molecular weight is 457 g/mol. The van der Waals surface area contributed by atoms with Crippen molar-refractivity contribution in [3.63, 3.8) is 0 Å². The predicted octanol–water partition coefficient (Wildman–Crippen LogP) is 7.13. The number of carbonyl (C=O) groups excluding carboxylic acids is 1. The van der Waals surface area contributed by atoms with Crippen molar-refractivity contribution >= 4 is 5.97 Å². The van der Waals surface area contributed by atoms with Gasteiger partial charge in [0.2, 0.25) is 11.6 Å². The van der Waals surface area contributed by atoms with Crippen LogP contribution in [0.2, 0.25) is 0 Å². The second kappa shape index (κ2) is 10.0. The van der Waals surface area contributed by atoms with E-state index in [1.165, 1.54) is 25.7 Å². The number of ether oxygens (including phenoxy) is 2. The van der Waals surface area contributed by atoms with E-state index in [0.29, 0.717) is 12.3 Å². The molecular weight excluding hydrogens is 424 g/mol. The molecule has 0 aromatic heterocycles. The highest BCUT2D eigenvalue weighted by atomic mass is 19.3. The largest absolute Gasteiger partial charge is 0.432 e. The molecule has 178 valence electrons. The zero-order valence-corrected chi connectivity index (χ0v) is 18.5. The van der Waals surface area contributed by atoms with Gasteiger partial charge in [-0.2, -0.15) is 17.6 Å². The normalized spacial score (nSPS) is 32.9. The van der Waals surface area contributed by atoms with Crippen LogP contribution in [0.4, 0.5) is 17.6 Å². The molecule has 0 radical (unpaired) electrons. The maximum Gasteiger partial charge on any atom is 0.387 e. The summed E-state index contributed by atoms with van der Waals surface area (Å²) in [6, 6.07) is 1.82. The van der Waals surface area contributed by atoms with Gasteiger partial charge in [0.05, 0.1) is 5.92 Å². The molecule has 7 heteroatoms. The Morgan fingerprint density at radius 1 is 0.875 bits per heavy atom. The maximum atomic E-state index is 14.3. The lowest BCUT2D eigenvalue weighted by Gasteiger charge is -2.45. The van der Waals surface area contributed by atoms with E-state index in [9.17, 15) is 22.4 Å². The van der Waals surface area contributed by atoms with Crippen molar-refractivity contribution < 1.29 is 31.8 Å². The molecule has 0 saturated heterocycles. The van der Waals surface area contributed by atoms with Gasteiger partial charge in [-0.3, -0.25) is 4.79 Å². The zero-order valence-electron chi connectivity index (χ0n) is 18.5. The Kier molecular flexibility index (Phi) is 7.30. The molecule has 1 aromatic rings. The Bertz CT molecular complexity index is 807. The quantitative estimate of drug-likeness (QED) is 0.269. The fourth-order valence-corrected chi connectivity index (χ4v) is 6.44. The van der Waals surface area contributed by atoms with E-state index < -0.39 is 35.7 Å². The highest BCUT2D eigenvalue weighted by Gasteiger charge is 2.43. The van der Waals surface area contributed by atoms with Crippen LogP contribution in [0, 0.1) is 47.1 Å². The van der Waals surface area contributed by atoms with Crippen LogP contribution >= 0.6 is 0 Å². The molecule has 4 atom stereocenters. The first-order chi connectivity index (χ1) is 15.3. The van der Waals surface area contributed by atoms with Crippen molar-refractivity contribution in [3.8, 4) is 11.5 Å². The van der Waals surface area contributed by atoms with Crippen LogP contribution in [0.1, 0.15) is 71.1 Å². The molecule has 0 spiro atoms. The second-order valence-corrected chi connectivity index (χ2v) is 10.0. The molecule has 1 aromatic carbocycles. The third kappa shape index (κ3) is 5.07. The van der Waals surface area contributed by atoms with Crippen LogP contribution < -0.4 is 9.47 Å². The number of rotatable bonds is 5.